The predicted molar refractivity (Wildman–Crippen MR) is 137 cm³/mol. The van der Waals surface area contributed by atoms with Gasteiger partial charge >= 0.3 is 0 Å². The van der Waals surface area contributed by atoms with E-state index in [2.05, 4.69) is 30.7 Å². The summed E-state index contributed by atoms with van der Waals surface area (Å²) in [6.07, 6.45) is 2.63. The topological polar surface area (TPSA) is 82.0 Å². The number of nitriles is 1. The van der Waals surface area contributed by atoms with Crippen molar-refractivity contribution >= 4 is 22.6 Å². The molecule has 3 aromatic rings. The molecule has 6 heteroatoms. The zero-order valence-electron chi connectivity index (χ0n) is 20.5. The van der Waals surface area contributed by atoms with Gasteiger partial charge in [0.25, 0.3) is 11.8 Å². The molecular formula is C29H33N4O2+. The lowest BCUT2D eigenvalue weighted by Crippen LogP contribution is -2.62. The number of amides is 2. The van der Waals surface area contributed by atoms with E-state index >= 15 is 0 Å². The number of hydrogen-bond donors (Lipinski definition) is 2. The van der Waals surface area contributed by atoms with Gasteiger partial charge in [0.15, 0.2) is 0 Å². The monoisotopic (exact) mass is 469 g/mol. The molecule has 2 N–H and O–H groups in total. The molecule has 1 fully saturated rings. The fraction of sp³-hybridized carbons (Fsp3) is 0.345. The van der Waals surface area contributed by atoms with Crippen LogP contribution >= 0.6 is 0 Å². The first-order valence-corrected chi connectivity index (χ1v) is 12.3. The molecule has 0 spiro atoms. The highest BCUT2D eigenvalue weighted by molar-refractivity contribution is 6.00. The van der Waals surface area contributed by atoms with Gasteiger partial charge in [-0.3, -0.25) is 9.59 Å². The maximum atomic E-state index is 13.5. The summed E-state index contributed by atoms with van der Waals surface area (Å²) in [4.78, 5) is 26.7. The number of hydrogen-bond acceptors (Lipinski definition) is 3. The van der Waals surface area contributed by atoms with Gasteiger partial charge in [-0.1, -0.05) is 56.3 Å². The lowest BCUT2D eigenvalue weighted by molar-refractivity contribution is -0.963. The molecular weight excluding hydrogens is 436 g/mol. The molecule has 35 heavy (non-hydrogen) atoms. The quantitative estimate of drug-likeness (QED) is 0.469. The number of carbonyl (C=O) groups is 2. The largest absolute Gasteiger partial charge is 0.340 e. The predicted octanol–water partition coefficient (Wildman–Crippen LogP) is 4.70. The van der Waals surface area contributed by atoms with Crippen LogP contribution in [0, 0.1) is 17.2 Å². The second-order valence-electron chi connectivity index (χ2n) is 9.96. The number of quaternary nitrogens is 1. The summed E-state index contributed by atoms with van der Waals surface area (Å²) in [6, 6.07) is 22.6. The van der Waals surface area contributed by atoms with Gasteiger partial charge in [0.2, 0.25) is 0 Å². The summed E-state index contributed by atoms with van der Waals surface area (Å²) in [7, 11) is 0. The second kappa shape index (κ2) is 10.7. The molecule has 0 radical (unpaired) electrons. The molecule has 0 unspecified atom stereocenters. The SMILES string of the molecule is CC(C)C[C@H](NC(=O)c1ccc2ccccc2c1)C(=O)N[N+]1(Cc2ccc(C#N)cc2)CCCC1. The Hall–Kier alpha value is -3.69. The van der Waals surface area contributed by atoms with E-state index in [1.165, 1.54) is 0 Å². The lowest BCUT2D eigenvalue weighted by atomic mass is 10.0. The van der Waals surface area contributed by atoms with Crippen LogP contribution in [-0.4, -0.2) is 35.5 Å². The van der Waals surface area contributed by atoms with Crippen LogP contribution in [0.4, 0.5) is 0 Å². The minimum absolute atomic E-state index is 0.150. The van der Waals surface area contributed by atoms with Crippen LogP contribution in [0.1, 0.15) is 54.6 Å². The van der Waals surface area contributed by atoms with E-state index in [1.807, 2.05) is 60.7 Å². The summed E-state index contributed by atoms with van der Waals surface area (Å²) >= 11 is 0. The van der Waals surface area contributed by atoms with Crippen molar-refractivity contribution < 1.29 is 14.2 Å². The van der Waals surface area contributed by atoms with Gasteiger partial charge in [-0.25, -0.2) is 4.59 Å². The highest BCUT2D eigenvalue weighted by Gasteiger charge is 2.37. The maximum absolute atomic E-state index is 13.5. The van der Waals surface area contributed by atoms with Gasteiger partial charge in [0.1, 0.15) is 25.7 Å². The number of benzene rings is 3. The van der Waals surface area contributed by atoms with E-state index < -0.39 is 6.04 Å². The Labute approximate surface area is 207 Å². The van der Waals surface area contributed by atoms with Crippen LogP contribution in [0.2, 0.25) is 0 Å². The zero-order chi connectivity index (χ0) is 24.8. The molecule has 1 aliphatic rings. The third-order valence-electron chi connectivity index (χ3n) is 6.68. The Balaban J connectivity index is 1.50. The van der Waals surface area contributed by atoms with E-state index in [-0.39, 0.29) is 17.7 Å². The molecule has 1 atom stereocenters. The molecule has 1 aliphatic heterocycles. The average Bonchev–Trinajstić information content (AvgIpc) is 3.31. The van der Waals surface area contributed by atoms with Gasteiger partial charge in [-0.05, 0) is 47.4 Å². The highest BCUT2D eigenvalue weighted by Crippen LogP contribution is 2.22. The summed E-state index contributed by atoms with van der Waals surface area (Å²) in [5, 5.41) is 14.1. The first-order valence-electron chi connectivity index (χ1n) is 12.3. The molecule has 0 aliphatic carbocycles. The van der Waals surface area contributed by atoms with Gasteiger partial charge in [-0.15, -0.1) is 0 Å². The van der Waals surface area contributed by atoms with Crippen LogP contribution in [0.15, 0.2) is 66.7 Å². The third-order valence-corrected chi connectivity index (χ3v) is 6.68. The van der Waals surface area contributed by atoms with Gasteiger partial charge in [0, 0.05) is 24.0 Å². The highest BCUT2D eigenvalue weighted by atomic mass is 16.2. The third kappa shape index (κ3) is 6.06. The summed E-state index contributed by atoms with van der Waals surface area (Å²) in [6.45, 7) is 6.46. The molecule has 0 aromatic heterocycles. The van der Waals surface area contributed by atoms with E-state index in [9.17, 15) is 9.59 Å². The van der Waals surface area contributed by atoms with E-state index in [0.717, 1.165) is 42.3 Å². The molecule has 1 saturated heterocycles. The number of likely N-dealkylation sites (tertiary alicyclic amines) is 1. The van der Waals surface area contributed by atoms with Crippen LogP contribution in [-0.2, 0) is 11.3 Å². The smallest absolute Gasteiger partial charge is 0.287 e. The molecule has 1 heterocycles. The number of carbonyl (C=O) groups excluding carboxylic acids is 2. The lowest BCUT2D eigenvalue weighted by Gasteiger charge is -2.35. The van der Waals surface area contributed by atoms with Gasteiger partial charge in [-0.2, -0.15) is 10.7 Å². The Morgan fingerprint density at radius 3 is 2.31 bits per heavy atom. The van der Waals surface area contributed by atoms with E-state index in [0.29, 0.717) is 28.7 Å². The fourth-order valence-corrected chi connectivity index (χ4v) is 4.87. The molecule has 3 aromatic carbocycles. The van der Waals surface area contributed by atoms with Gasteiger partial charge in [0.05, 0.1) is 11.6 Å². The number of rotatable bonds is 8. The van der Waals surface area contributed by atoms with Crippen molar-refractivity contribution in [1.29, 1.82) is 5.26 Å². The maximum Gasteiger partial charge on any atom is 0.287 e. The first-order chi connectivity index (χ1) is 16.9. The Bertz CT molecular complexity index is 1240. The van der Waals surface area contributed by atoms with Crippen molar-refractivity contribution in [2.75, 3.05) is 13.1 Å². The van der Waals surface area contributed by atoms with E-state index in [4.69, 9.17) is 5.26 Å². The van der Waals surface area contributed by atoms with Crippen molar-refractivity contribution in [3.05, 3.63) is 83.4 Å². The Morgan fingerprint density at radius 2 is 1.66 bits per heavy atom. The van der Waals surface area contributed by atoms with Crippen molar-refractivity contribution in [1.82, 2.24) is 10.7 Å². The summed E-state index contributed by atoms with van der Waals surface area (Å²) in [5.41, 5.74) is 5.53. The average molecular weight is 470 g/mol. The van der Waals surface area contributed by atoms with Crippen molar-refractivity contribution in [2.24, 2.45) is 5.92 Å². The minimum Gasteiger partial charge on any atom is -0.340 e. The van der Waals surface area contributed by atoms with Crippen LogP contribution in [0.5, 0.6) is 0 Å². The van der Waals surface area contributed by atoms with Crippen LogP contribution < -0.4 is 10.7 Å². The van der Waals surface area contributed by atoms with Crippen LogP contribution in [0.3, 0.4) is 0 Å². The Morgan fingerprint density at radius 1 is 0.971 bits per heavy atom. The van der Waals surface area contributed by atoms with E-state index in [1.54, 1.807) is 6.07 Å². The first kappa shape index (κ1) is 24.4. The summed E-state index contributed by atoms with van der Waals surface area (Å²) < 4.78 is 0.463. The zero-order valence-corrected chi connectivity index (χ0v) is 20.5. The minimum atomic E-state index is -0.620. The number of nitrogens with zero attached hydrogens (tertiary/aromatic N) is 2. The molecule has 2 amide bonds. The fourth-order valence-electron chi connectivity index (χ4n) is 4.87. The number of nitrogens with one attached hydrogen (secondary N) is 2. The molecule has 180 valence electrons. The van der Waals surface area contributed by atoms with Crippen molar-refractivity contribution in [2.45, 2.75) is 45.7 Å². The number of fused-ring (bicyclic) bond motifs is 1. The molecule has 6 nitrogen and oxygen atoms in total. The van der Waals surface area contributed by atoms with Gasteiger partial charge < -0.3 is 5.32 Å². The molecule has 0 bridgehead atoms. The van der Waals surface area contributed by atoms with Crippen molar-refractivity contribution in [3.8, 4) is 6.07 Å². The Kier molecular flexibility index (Phi) is 7.48. The molecule has 4 rings (SSSR count). The summed E-state index contributed by atoms with van der Waals surface area (Å²) in [5.74, 6) is -0.145. The molecule has 0 saturated carbocycles. The van der Waals surface area contributed by atoms with Crippen molar-refractivity contribution in [3.63, 3.8) is 0 Å². The van der Waals surface area contributed by atoms with Crippen LogP contribution in [0.25, 0.3) is 10.8 Å². The second-order valence-corrected chi connectivity index (χ2v) is 9.96. The normalized spacial score (nSPS) is 15.5. The standard InChI is InChI=1S/C29H32N4O2/c1-21(2)17-27(31-28(34)26-14-13-24-7-3-4-8-25(24)18-26)29(35)32-33(15-5-6-16-33)20-23-11-9-22(19-30)10-12-23/h3-4,7-14,18,21,27H,5-6,15-17,20H2,1-2H3,(H-,31,32,34,35)/p+1/t27-/m0/s1.